The average Bonchev–Trinajstić information content (AvgIpc) is 3.12. The summed E-state index contributed by atoms with van der Waals surface area (Å²) in [6, 6.07) is 9.35. The molecule has 0 radical (unpaired) electrons. The molecule has 3 N–H and O–H groups in total. The van der Waals surface area contributed by atoms with E-state index < -0.39 is 6.03 Å². The molecule has 8 heteroatoms. The lowest BCUT2D eigenvalue weighted by molar-refractivity contribution is -0.117. The van der Waals surface area contributed by atoms with Crippen molar-refractivity contribution < 1.29 is 9.59 Å². The molecule has 1 saturated carbocycles. The van der Waals surface area contributed by atoms with Gasteiger partial charge in [-0.1, -0.05) is 61.9 Å². The van der Waals surface area contributed by atoms with Crippen molar-refractivity contribution in [2.24, 2.45) is 5.92 Å². The fourth-order valence-electron chi connectivity index (χ4n) is 3.06. The number of hydrogen-bond donors (Lipinski definition) is 3. The fraction of sp³-hybridized carbons (Fsp3) is 0.444. The highest BCUT2D eigenvalue weighted by molar-refractivity contribution is 7.99. The van der Waals surface area contributed by atoms with Gasteiger partial charge in [0.15, 0.2) is 5.82 Å². The Morgan fingerprint density at radius 1 is 1.23 bits per heavy atom. The minimum atomic E-state index is -0.422. The van der Waals surface area contributed by atoms with Crippen molar-refractivity contribution >= 4 is 23.7 Å². The van der Waals surface area contributed by atoms with Crippen molar-refractivity contribution in [2.45, 2.75) is 43.8 Å². The van der Waals surface area contributed by atoms with E-state index in [2.05, 4.69) is 32.7 Å². The van der Waals surface area contributed by atoms with Crippen molar-refractivity contribution in [3.05, 3.63) is 30.3 Å². The first kappa shape index (κ1) is 18.4. The molecule has 0 bridgehead atoms. The van der Waals surface area contributed by atoms with E-state index >= 15 is 0 Å². The third-order valence-electron chi connectivity index (χ3n) is 4.53. The Bertz CT molecular complexity index is 749. The number of imide groups is 1. The third kappa shape index (κ3) is 5.08. The van der Waals surface area contributed by atoms with E-state index in [9.17, 15) is 9.59 Å². The Kier molecular flexibility index (Phi) is 6.27. The maximum atomic E-state index is 12.0. The highest BCUT2D eigenvalue weighted by Gasteiger charge is 2.23. The van der Waals surface area contributed by atoms with Crippen LogP contribution in [0.3, 0.4) is 0 Å². The molecule has 1 aromatic heterocycles. The van der Waals surface area contributed by atoms with Crippen LogP contribution in [0.4, 0.5) is 4.79 Å². The Labute approximate surface area is 156 Å². The summed E-state index contributed by atoms with van der Waals surface area (Å²) < 4.78 is 0. The van der Waals surface area contributed by atoms with Gasteiger partial charge in [-0.15, -0.1) is 5.10 Å². The number of aromatic nitrogens is 3. The number of hydrogen-bond acceptors (Lipinski definition) is 5. The Morgan fingerprint density at radius 3 is 2.77 bits per heavy atom. The van der Waals surface area contributed by atoms with Gasteiger partial charge in [0.05, 0.1) is 5.75 Å². The molecule has 0 saturated heterocycles. The number of amides is 3. The Balaban J connectivity index is 1.44. The average molecular weight is 373 g/mol. The summed E-state index contributed by atoms with van der Waals surface area (Å²) in [6.07, 6.45) is 4.41. The van der Waals surface area contributed by atoms with Gasteiger partial charge < -0.3 is 5.32 Å². The second-order valence-corrected chi connectivity index (χ2v) is 7.45. The van der Waals surface area contributed by atoms with Gasteiger partial charge in [-0.25, -0.2) is 9.78 Å². The normalized spacial score (nSPS) is 19.7. The van der Waals surface area contributed by atoms with Gasteiger partial charge in [0.25, 0.3) is 0 Å². The van der Waals surface area contributed by atoms with Crippen LogP contribution in [0.1, 0.15) is 32.6 Å². The first-order valence-electron chi connectivity index (χ1n) is 8.83. The molecule has 1 aliphatic rings. The number of thioether (sulfide) groups is 1. The molecule has 3 amide bonds. The number of rotatable bonds is 5. The van der Waals surface area contributed by atoms with Crippen LogP contribution in [0.25, 0.3) is 11.4 Å². The number of urea groups is 1. The van der Waals surface area contributed by atoms with Gasteiger partial charge in [-0.2, -0.15) is 0 Å². The molecule has 1 heterocycles. The second kappa shape index (κ2) is 8.84. The van der Waals surface area contributed by atoms with Crippen molar-refractivity contribution in [2.75, 3.05) is 5.75 Å². The molecule has 138 valence electrons. The molecule has 1 aliphatic carbocycles. The maximum absolute atomic E-state index is 12.0. The molecule has 1 fully saturated rings. The van der Waals surface area contributed by atoms with E-state index in [0.717, 1.165) is 24.8 Å². The minimum absolute atomic E-state index is 0.0831. The molecule has 2 aromatic rings. The van der Waals surface area contributed by atoms with Crippen molar-refractivity contribution in [3.8, 4) is 11.4 Å². The number of benzene rings is 1. The Morgan fingerprint density at radius 2 is 2.00 bits per heavy atom. The van der Waals surface area contributed by atoms with Crippen molar-refractivity contribution in [1.29, 1.82) is 0 Å². The minimum Gasteiger partial charge on any atom is -0.335 e. The predicted molar refractivity (Wildman–Crippen MR) is 101 cm³/mol. The topological polar surface area (TPSA) is 99.8 Å². The lowest BCUT2D eigenvalue weighted by Crippen LogP contribution is -2.48. The molecular formula is C18H23N5O2S. The number of H-pyrrole nitrogens is 1. The highest BCUT2D eigenvalue weighted by atomic mass is 32.2. The molecular weight excluding hydrogens is 350 g/mol. The fourth-order valence-corrected chi connectivity index (χ4v) is 3.66. The van der Waals surface area contributed by atoms with Gasteiger partial charge in [0.1, 0.15) is 0 Å². The van der Waals surface area contributed by atoms with Gasteiger partial charge >= 0.3 is 6.03 Å². The number of nitrogens with one attached hydrogen (secondary N) is 3. The Hall–Kier alpha value is -2.35. The van der Waals surface area contributed by atoms with Crippen LogP contribution >= 0.6 is 11.8 Å². The number of nitrogens with zero attached hydrogens (tertiary/aromatic N) is 2. The summed E-state index contributed by atoms with van der Waals surface area (Å²) in [5.74, 6) is 0.822. The third-order valence-corrected chi connectivity index (χ3v) is 5.37. The quantitative estimate of drug-likeness (QED) is 0.700. The zero-order valence-electron chi connectivity index (χ0n) is 14.7. The largest absolute Gasteiger partial charge is 0.335 e. The van der Waals surface area contributed by atoms with Crippen molar-refractivity contribution in [1.82, 2.24) is 25.8 Å². The van der Waals surface area contributed by atoms with Gasteiger partial charge in [0, 0.05) is 11.6 Å². The molecule has 0 unspecified atom stereocenters. The lowest BCUT2D eigenvalue weighted by Gasteiger charge is -2.29. The molecule has 0 aliphatic heterocycles. The smallest absolute Gasteiger partial charge is 0.321 e. The maximum Gasteiger partial charge on any atom is 0.321 e. The number of carbonyl (C=O) groups is 2. The first-order valence-corrected chi connectivity index (χ1v) is 9.81. The first-order chi connectivity index (χ1) is 12.6. The van der Waals surface area contributed by atoms with Gasteiger partial charge in [-0.05, 0) is 18.8 Å². The summed E-state index contributed by atoms with van der Waals surface area (Å²) in [6.45, 7) is 2.13. The standard InChI is InChI=1S/C18H23N5O2S/c1-12-7-5-6-10-14(12)19-17(25)20-15(24)11-26-18-21-16(22-23-18)13-8-3-2-4-9-13/h2-4,8-9,12,14H,5-7,10-11H2,1H3,(H,21,22,23)(H2,19,20,24,25)/t12-,14-/m0/s1. The SMILES string of the molecule is C[C@H]1CCCC[C@@H]1NC(=O)NC(=O)CSc1n[nH]c(-c2ccccc2)n1. The zero-order valence-corrected chi connectivity index (χ0v) is 15.5. The van der Waals surface area contributed by atoms with Crippen LogP contribution in [-0.2, 0) is 4.79 Å². The van der Waals surface area contributed by atoms with E-state index in [0.29, 0.717) is 16.9 Å². The zero-order chi connectivity index (χ0) is 18.4. The summed E-state index contributed by atoms with van der Waals surface area (Å²) in [5, 5.41) is 12.7. The molecule has 3 rings (SSSR count). The number of carbonyl (C=O) groups excluding carboxylic acids is 2. The molecule has 26 heavy (non-hydrogen) atoms. The van der Waals surface area contributed by atoms with E-state index in [-0.39, 0.29) is 17.7 Å². The molecule has 2 atom stereocenters. The van der Waals surface area contributed by atoms with E-state index in [1.807, 2.05) is 30.3 Å². The van der Waals surface area contributed by atoms with Crippen LogP contribution in [0.15, 0.2) is 35.5 Å². The van der Waals surface area contributed by atoms with E-state index in [1.165, 1.54) is 18.2 Å². The van der Waals surface area contributed by atoms with E-state index in [4.69, 9.17) is 0 Å². The van der Waals surface area contributed by atoms with Crippen molar-refractivity contribution in [3.63, 3.8) is 0 Å². The van der Waals surface area contributed by atoms with Gasteiger partial charge in [-0.3, -0.25) is 15.2 Å². The van der Waals surface area contributed by atoms with E-state index in [1.54, 1.807) is 0 Å². The van der Waals surface area contributed by atoms with Crippen LogP contribution in [-0.4, -0.2) is 38.9 Å². The van der Waals surface area contributed by atoms with Crippen LogP contribution in [0.2, 0.25) is 0 Å². The lowest BCUT2D eigenvalue weighted by atomic mass is 9.86. The summed E-state index contributed by atoms with van der Waals surface area (Å²) in [5.41, 5.74) is 0.928. The molecule has 7 nitrogen and oxygen atoms in total. The molecule has 0 spiro atoms. The molecule has 1 aromatic carbocycles. The summed E-state index contributed by atoms with van der Waals surface area (Å²) in [4.78, 5) is 28.3. The monoisotopic (exact) mass is 373 g/mol. The van der Waals surface area contributed by atoms with Crippen LogP contribution in [0, 0.1) is 5.92 Å². The summed E-state index contributed by atoms with van der Waals surface area (Å²) in [7, 11) is 0. The number of aromatic amines is 1. The summed E-state index contributed by atoms with van der Waals surface area (Å²) >= 11 is 1.19. The van der Waals surface area contributed by atoms with Crippen LogP contribution < -0.4 is 10.6 Å². The van der Waals surface area contributed by atoms with Crippen LogP contribution in [0.5, 0.6) is 0 Å². The highest BCUT2D eigenvalue weighted by Crippen LogP contribution is 2.23. The second-order valence-electron chi connectivity index (χ2n) is 6.51. The van der Waals surface area contributed by atoms with Gasteiger partial charge in [0.2, 0.25) is 11.1 Å². The predicted octanol–water partition coefficient (Wildman–Crippen LogP) is 2.97.